The Morgan fingerprint density at radius 3 is 2.86 bits per heavy atom. The van der Waals surface area contributed by atoms with Crippen LogP contribution in [-0.2, 0) is 4.74 Å². The second-order valence-electron chi connectivity index (χ2n) is 6.55. The molecule has 0 radical (unpaired) electrons. The Morgan fingerprint density at radius 1 is 1.36 bits per heavy atom. The van der Waals surface area contributed by atoms with Crippen LogP contribution in [0, 0.1) is 0 Å². The van der Waals surface area contributed by atoms with Gasteiger partial charge in [0.1, 0.15) is 11.4 Å². The van der Waals surface area contributed by atoms with Gasteiger partial charge in [-0.25, -0.2) is 4.79 Å². The van der Waals surface area contributed by atoms with Crippen LogP contribution >= 0.6 is 15.9 Å². The van der Waals surface area contributed by atoms with Crippen LogP contribution in [0.3, 0.4) is 0 Å². The van der Waals surface area contributed by atoms with E-state index >= 15 is 0 Å². The average Bonchev–Trinajstić information content (AvgIpc) is 3.01. The van der Waals surface area contributed by atoms with E-state index in [2.05, 4.69) is 26.1 Å². The first-order valence-corrected chi connectivity index (χ1v) is 8.11. The van der Waals surface area contributed by atoms with Crippen molar-refractivity contribution in [3.05, 3.63) is 28.6 Å². The highest BCUT2D eigenvalue weighted by Crippen LogP contribution is 2.28. The molecular weight excluding hydrogens is 348 g/mol. The molecule has 1 aliphatic rings. The van der Waals surface area contributed by atoms with Gasteiger partial charge in [0.05, 0.1) is 0 Å². The Hall–Kier alpha value is -1.63. The first-order chi connectivity index (χ1) is 10.3. The van der Waals surface area contributed by atoms with Crippen molar-refractivity contribution in [2.75, 3.05) is 13.1 Å². The van der Waals surface area contributed by atoms with E-state index in [-0.39, 0.29) is 12.0 Å². The lowest BCUT2D eigenvalue weighted by Gasteiger charge is -2.24. The van der Waals surface area contributed by atoms with Crippen molar-refractivity contribution in [2.45, 2.75) is 38.7 Å². The Balaban J connectivity index is 1.77. The van der Waals surface area contributed by atoms with Crippen LogP contribution in [-0.4, -0.2) is 44.3 Å². The van der Waals surface area contributed by atoms with Crippen molar-refractivity contribution >= 4 is 27.7 Å². The summed E-state index contributed by atoms with van der Waals surface area (Å²) < 4.78 is 8.39. The van der Waals surface area contributed by atoms with Gasteiger partial charge in [-0.05, 0) is 55.3 Å². The summed E-state index contributed by atoms with van der Waals surface area (Å²) in [6.45, 7) is 6.93. The number of ether oxygens (including phenoxy) is 1. The van der Waals surface area contributed by atoms with Crippen molar-refractivity contribution in [2.24, 2.45) is 0 Å². The average molecular weight is 367 g/mol. The number of amides is 1. The van der Waals surface area contributed by atoms with Crippen molar-refractivity contribution in [3.63, 3.8) is 0 Å². The predicted molar refractivity (Wildman–Crippen MR) is 85.9 cm³/mol. The van der Waals surface area contributed by atoms with Gasteiger partial charge in [0.2, 0.25) is 0 Å². The maximum Gasteiger partial charge on any atom is 0.410 e. The summed E-state index contributed by atoms with van der Waals surface area (Å²) >= 11 is 3.47. The number of rotatable bonds is 1. The van der Waals surface area contributed by atoms with Gasteiger partial charge in [-0.15, -0.1) is 10.2 Å². The molecule has 0 unspecified atom stereocenters. The van der Waals surface area contributed by atoms with Crippen LogP contribution in [0.5, 0.6) is 0 Å². The molecule has 0 N–H and O–H groups in total. The van der Waals surface area contributed by atoms with Crippen LogP contribution < -0.4 is 0 Å². The fourth-order valence-electron chi connectivity index (χ4n) is 2.62. The van der Waals surface area contributed by atoms with Crippen LogP contribution in [0.25, 0.3) is 5.65 Å². The molecule has 7 heteroatoms. The van der Waals surface area contributed by atoms with E-state index in [1.165, 1.54) is 0 Å². The summed E-state index contributed by atoms with van der Waals surface area (Å²) in [4.78, 5) is 13.9. The molecule has 0 saturated carbocycles. The molecule has 2 aromatic rings. The van der Waals surface area contributed by atoms with Crippen LogP contribution in [0.1, 0.15) is 38.9 Å². The van der Waals surface area contributed by atoms with E-state index in [1.54, 1.807) is 4.90 Å². The first-order valence-electron chi connectivity index (χ1n) is 7.31. The SMILES string of the molecule is CC(C)(C)OC(=O)N1CC[C@H](c2nnc3ccc(Br)cn23)C1. The minimum atomic E-state index is -0.471. The Labute approximate surface area is 137 Å². The zero-order valence-corrected chi connectivity index (χ0v) is 14.5. The Morgan fingerprint density at radius 2 is 2.14 bits per heavy atom. The third kappa shape index (κ3) is 3.09. The van der Waals surface area contributed by atoms with Gasteiger partial charge in [-0.3, -0.25) is 4.40 Å². The largest absolute Gasteiger partial charge is 0.444 e. The third-order valence-corrected chi connectivity index (χ3v) is 4.07. The summed E-state index contributed by atoms with van der Waals surface area (Å²) in [5, 5.41) is 8.49. The highest BCUT2D eigenvalue weighted by Gasteiger charge is 2.32. The van der Waals surface area contributed by atoms with Gasteiger partial charge >= 0.3 is 6.09 Å². The number of carbonyl (C=O) groups is 1. The number of likely N-dealkylation sites (tertiary alicyclic amines) is 1. The van der Waals surface area contributed by atoms with Gasteiger partial charge in [0, 0.05) is 29.7 Å². The Kier molecular flexibility index (Phi) is 3.84. The molecular formula is C15H19BrN4O2. The maximum atomic E-state index is 12.1. The molecule has 6 nitrogen and oxygen atoms in total. The molecule has 1 aliphatic heterocycles. The highest BCUT2D eigenvalue weighted by atomic mass is 79.9. The highest BCUT2D eigenvalue weighted by molar-refractivity contribution is 9.10. The molecule has 0 aliphatic carbocycles. The molecule has 1 amide bonds. The van der Waals surface area contributed by atoms with E-state index in [0.717, 1.165) is 22.4 Å². The van der Waals surface area contributed by atoms with Crippen LogP contribution in [0.4, 0.5) is 4.79 Å². The smallest absolute Gasteiger partial charge is 0.410 e. The second-order valence-corrected chi connectivity index (χ2v) is 7.46. The van der Waals surface area contributed by atoms with Gasteiger partial charge in [0.15, 0.2) is 5.65 Å². The molecule has 0 bridgehead atoms. The molecule has 22 heavy (non-hydrogen) atoms. The molecule has 3 rings (SSSR count). The zero-order valence-electron chi connectivity index (χ0n) is 12.9. The van der Waals surface area contributed by atoms with Crippen molar-refractivity contribution in [1.82, 2.24) is 19.5 Å². The Bertz CT molecular complexity index is 707. The fourth-order valence-corrected chi connectivity index (χ4v) is 2.96. The molecule has 0 aromatic carbocycles. The molecule has 0 spiro atoms. The monoisotopic (exact) mass is 366 g/mol. The first kappa shape index (κ1) is 15.3. The van der Waals surface area contributed by atoms with E-state index < -0.39 is 5.60 Å². The number of hydrogen-bond acceptors (Lipinski definition) is 4. The number of nitrogens with zero attached hydrogens (tertiary/aromatic N) is 4. The molecule has 118 valence electrons. The summed E-state index contributed by atoms with van der Waals surface area (Å²) in [6, 6.07) is 3.86. The topological polar surface area (TPSA) is 59.7 Å². The van der Waals surface area contributed by atoms with Crippen molar-refractivity contribution in [1.29, 1.82) is 0 Å². The third-order valence-electron chi connectivity index (χ3n) is 3.60. The van der Waals surface area contributed by atoms with Gasteiger partial charge in [-0.1, -0.05) is 0 Å². The quantitative estimate of drug-likeness (QED) is 0.777. The number of carbonyl (C=O) groups excluding carboxylic acids is 1. The minimum absolute atomic E-state index is 0.178. The zero-order chi connectivity index (χ0) is 15.9. The molecule has 3 heterocycles. The molecule has 1 saturated heterocycles. The number of hydrogen-bond donors (Lipinski definition) is 0. The maximum absolute atomic E-state index is 12.1. The molecule has 2 aromatic heterocycles. The summed E-state index contributed by atoms with van der Waals surface area (Å²) in [7, 11) is 0. The fraction of sp³-hybridized carbons (Fsp3) is 0.533. The number of halogens is 1. The number of fused-ring (bicyclic) bond motifs is 1. The number of aromatic nitrogens is 3. The molecule has 1 atom stereocenters. The van der Waals surface area contributed by atoms with Gasteiger partial charge in [0.25, 0.3) is 0 Å². The normalized spacial score (nSPS) is 18.9. The number of pyridine rings is 1. The summed E-state index contributed by atoms with van der Waals surface area (Å²) in [5.41, 5.74) is 0.343. The van der Waals surface area contributed by atoms with E-state index in [9.17, 15) is 4.79 Å². The second kappa shape index (κ2) is 5.53. The van der Waals surface area contributed by atoms with Crippen molar-refractivity contribution in [3.8, 4) is 0 Å². The predicted octanol–water partition coefficient (Wildman–Crippen LogP) is 3.22. The van der Waals surface area contributed by atoms with E-state index in [1.807, 2.05) is 43.5 Å². The minimum Gasteiger partial charge on any atom is -0.444 e. The lowest BCUT2D eigenvalue weighted by atomic mass is 10.1. The molecule has 1 fully saturated rings. The van der Waals surface area contributed by atoms with Crippen LogP contribution in [0.15, 0.2) is 22.8 Å². The lowest BCUT2D eigenvalue weighted by Crippen LogP contribution is -2.35. The summed E-state index contributed by atoms with van der Waals surface area (Å²) in [6.07, 6.45) is 2.57. The van der Waals surface area contributed by atoms with Gasteiger partial charge < -0.3 is 9.64 Å². The van der Waals surface area contributed by atoms with Crippen molar-refractivity contribution < 1.29 is 9.53 Å². The van der Waals surface area contributed by atoms with Crippen LogP contribution in [0.2, 0.25) is 0 Å². The van der Waals surface area contributed by atoms with Gasteiger partial charge in [-0.2, -0.15) is 0 Å². The lowest BCUT2D eigenvalue weighted by molar-refractivity contribution is 0.0292. The van der Waals surface area contributed by atoms with E-state index in [4.69, 9.17) is 4.74 Å². The van der Waals surface area contributed by atoms with E-state index in [0.29, 0.717) is 13.1 Å². The summed E-state index contributed by atoms with van der Waals surface area (Å²) in [5.74, 6) is 1.07. The standard InChI is InChI=1S/C15H19BrN4O2/c1-15(2,3)22-14(21)19-7-6-10(8-19)13-18-17-12-5-4-11(16)9-20(12)13/h4-5,9-10H,6-8H2,1-3H3/t10-/m0/s1.